The summed E-state index contributed by atoms with van der Waals surface area (Å²) in [6.07, 6.45) is 0.842. The van der Waals surface area contributed by atoms with Gasteiger partial charge in [0.15, 0.2) is 6.61 Å². The SMILES string of the molecule is COc1ccc(NC(=O)COC(=O)[C@H]2C[C@@H]2C)cc1Cl. The van der Waals surface area contributed by atoms with Crippen LogP contribution in [0, 0.1) is 11.8 Å². The van der Waals surface area contributed by atoms with Gasteiger partial charge in [-0.05, 0) is 30.5 Å². The summed E-state index contributed by atoms with van der Waals surface area (Å²) >= 11 is 5.94. The monoisotopic (exact) mass is 297 g/mol. The van der Waals surface area contributed by atoms with E-state index in [9.17, 15) is 9.59 Å². The molecule has 0 saturated heterocycles. The van der Waals surface area contributed by atoms with E-state index < -0.39 is 5.91 Å². The Bertz CT molecular complexity index is 532. The summed E-state index contributed by atoms with van der Waals surface area (Å²) in [5, 5.41) is 3.00. The van der Waals surface area contributed by atoms with E-state index in [2.05, 4.69) is 5.32 Å². The van der Waals surface area contributed by atoms with Crippen LogP contribution in [-0.4, -0.2) is 25.6 Å². The Balaban J connectivity index is 1.82. The fraction of sp³-hybridized carbons (Fsp3) is 0.429. The van der Waals surface area contributed by atoms with Crippen LogP contribution in [0.5, 0.6) is 5.75 Å². The maximum atomic E-state index is 11.6. The molecule has 1 amide bonds. The number of amides is 1. The van der Waals surface area contributed by atoms with Crippen LogP contribution in [0.3, 0.4) is 0 Å². The molecule has 108 valence electrons. The normalized spacial score (nSPS) is 20.1. The van der Waals surface area contributed by atoms with E-state index in [0.717, 1.165) is 6.42 Å². The Kier molecular flexibility index (Phi) is 4.49. The summed E-state index contributed by atoms with van der Waals surface area (Å²) < 4.78 is 9.95. The largest absolute Gasteiger partial charge is 0.495 e. The van der Waals surface area contributed by atoms with Crippen LogP contribution in [0.1, 0.15) is 13.3 Å². The summed E-state index contributed by atoms with van der Waals surface area (Å²) in [7, 11) is 1.51. The molecule has 0 aromatic heterocycles. The number of benzene rings is 1. The van der Waals surface area contributed by atoms with Crippen LogP contribution >= 0.6 is 11.6 Å². The van der Waals surface area contributed by atoms with E-state index in [-0.39, 0.29) is 18.5 Å². The predicted molar refractivity (Wildman–Crippen MR) is 74.9 cm³/mol. The van der Waals surface area contributed by atoms with Gasteiger partial charge in [0.05, 0.1) is 18.1 Å². The van der Waals surface area contributed by atoms with Crippen molar-refractivity contribution in [3.8, 4) is 5.75 Å². The molecule has 0 unspecified atom stereocenters. The van der Waals surface area contributed by atoms with Crippen molar-refractivity contribution < 1.29 is 19.1 Å². The smallest absolute Gasteiger partial charge is 0.309 e. The number of carbonyl (C=O) groups excluding carboxylic acids is 2. The lowest BCUT2D eigenvalue weighted by Crippen LogP contribution is -2.21. The molecule has 1 aliphatic rings. The molecular weight excluding hydrogens is 282 g/mol. The number of hydrogen-bond donors (Lipinski definition) is 1. The molecule has 1 N–H and O–H groups in total. The molecule has 0 aliphatic heterocycles. The third kappa shape index (κ3) is 3.63. The van der Waals surface area contributed by atoms with Gasteiger partial charge in [0.2, 0.25) is 0 Å². The minimum atomic E-state index is -0.395. The van der Waals surface area contributed by atoms with Gasteiger partial charge in [0.1, 0.15) is 5.75 Å². The van der Waals surface area contributed by atoms with E-state index in [4.69, 9.17) is 21.1 Å². The van der Waals surface area contributed by atoms with Crippen LogP contribution < -0.4 is 10.1 Å². The molecule has 0 spiro atoms. The first-order valence-corrected chi connectivity index (χ1v) is 6.69. The van der Waals surface area contributed by atoms with E-state index in [0.29, 0.717) is 22.4 Å². The number of carbonyl (C=O) groups is 2. The fourth-order valence-corrected chi connectivity index (χ4v) is 2.09. The van der Waals surface area contributed by atoms with Crippen molar-refractivity contribution in [2.75, 3.05) is 19.0 Å². The number of esters is 1. The molecule has 1 fully saturated rings. The Morgan fingerprint density at radius 2 is 2.15 bits per heavy atom. The Hall–Kier alpha value is -1.75. The first kappa shape index (κ1) is 14.7. The van der Waals surface area contributed by atoms with Crippen molar-refractivity contribution in [1.29, 1.82) is 0 Å². The highest BCUT2D eigenvalue weighted by Gasteiger charge is 2.40. The maximum Gasteiger partial charge on any atom is 0.309 e. The second-order valence-electron chi connectivity index (χ2n) is 4.82. The quantitative estimate of drug-likeness (QED) is 0.848. The maximum absolute atomic E-state index is 11.6. The summed E-state index contributed by atoms with van der Waals surface area (Å²) in [5.74, 6) is 0.149. The van der Waals surface area contributed by atoms with Gasteiger partial charge in [-0.2, -0.15) is 0 Å². The van der Waals surface area contributed by atoms with Crippen LogP contribution in [0.2, 0.25) is 5.02 Å². The topological polar surface area (TPSA) is 64.6 Å². The Labute approximate surface area is 122 Å². The molecule has 0 radical (unpaired) electrons. The highest BCUT2D eigenvalue weighted by atomic mass is 35.5. The fourth-order valence-electron chi connectivity index (χ4n) is 1.84. The lowest BCUT2D eigenvalue weighted by molar-refractivity contribution is -0.148. The van der Waals surface area contributed by atoms with Crippen molar-refractivity contribution >= 4 is 29.2 Å². The van der Waals surface area contributed by atoms with Crippen molar-refractivity contribution in [3.63, 3.8) is 0 Å². The zero-order valence-electron chi connectivity index (χ0n) is 11.3. The molecule has 2 atom stereocenters. The summed E-state index contributed by atoms with van der Waals surface area (Å²) in [5.41, 5.74) is 0.525. The number of anilines is 1. The first-order chi connectivity index (χ1) is 9.51. The van der Waals surface area contributed by atoms with Crippen LogP contribution in [0.25, 0.3) is 0 Å². The summed E-state index contributed by atoms with van der Waals surface area (Å²) in [6.45, 7) is 1.69. The number of methoxy groups -OCH3 is 1. The van der Waals surface area contributed by atoms with E-state index >= 15 is 0 Å². The van der Waals surface area contributed by atoms with E-state index in [1.54, 1.807) is 18.2 Å². The minimum Gasteiger partial charge on any atom is -0.495 e. The zero-order chi connectivity index (χ0) is 14.7. The van der Waals surface area contributed by atoms with Gasteiger partial charge in [-0.25, -0.2) is 0 Å². The number of halogens is 1. The van der Waals surface area contributed by atoms with Crippen LogP contribution in [0.4, 0.5) is 5.69 Å². The van der Waals surface area contributed by atoms with Crippen LogP contribution in [0.15, 0.2) is 18.2 Å². The van der Waals surface area contributed by atoms with Gasteiger partial charge >= 0.3 is 5.97 Å². The molecule has 0 bridgehead atoms. The number of nitrogens with one attached hydrogen (secondary N) is 1. The highest BCUT2D eigenvalue weighted by molar-refractivity contribution is 6.32. The van der Waals surface area contributed by atoms with Crippen LogP contribution in [-0.2, 0) is 14.3 Å². The Morgan fingerprint density at radius 1 is 1.45 bits per heavy atom. The molecule has 2 rings (SSSR count). The molecule has 1 aromatic rings. The third-order valence-corrected chi connectivity index (χ3v) is 3.49. The molecule has 1 saturated carbocycles. The molecule has 0 heterocycles. The number of ether oxygens (including phenoxy) is 2. The molecule has 20 heavy (non-hydrogen) atoms. The zero-order valence-corrected chi connectivity index (χ0v) is 12.1. The summed E-state index contributed by atoms with van der Waals surface area (Å²) in [4.78, 5) is 23.1. The van der Waals surface area contributed by atoms with E-state index in [1.165, 1.54) is 7.11 Å². The molecule has 1 aromatic carbocycles. The first-order valence-electron chi connectivity index (χ1n) is 6.31. The van der Waals surface area contributed by atoms with Crippen molar-refractivity contribution in [1.82, 2.24) is 0 Å². The van der Waals surface area contributed by atoms with Gasteiger partial charge in [-0.1, -0.05) is 18.5 Å². The van der Waals surface area contributed by atoms with Gasteiger partial charge < -0.3 is 14.8 Å². The molecule has 6 heteroatoms. The lowest BCUT2D eigenvalue weighted by atomic mass is 10.3. The predicted octanol–water partition coefficient (Wildman–Crippen LogP) is 2.49. The van der Waals surface area contributed by atoms with Gasteiger partial charge in [0, 0.05) is 5.69 Å². The molecule has 1 aliphatic carbocycles. The Morgan fingerprint density at radius 3 is 2.70 bits per heavy atom. The second kappa shape index (κ2) is 6.13. The van der Waals surface area contributed by atoms with Gasteiger partial charge in [-0.15, -0.1) is 0 Å². The number of hydrogen-bond acceptors (Lipinski definition) is 4. The molecular formula is C14H16ClNO4. The van der Waals surface area contributed by atoms with Gasteiger partial charge in [0.25, 0.3) is 5.91 Å². The van der Waals surface area contributed by atoms with Crippen molar-refractivity contribution in [2.24, 2.45) is 11.8 Å². The second-order valence-corrected chi connectivity index (χ2v) is 5.23. The van der Waals surface area contributed by atoms with Crippen molar-refractivity contribution in [3.05, 3.63) is 23.2 Å². The number of rotatable bonds is 5. The van der Waals surface area contributed by atoms with Gasteiger partial charge in [-0.3, -0.25) is 9.59 Å². The van der Waals surface area contributed by atoms with Crippen molar-refractivity contribution in [2.45, 2.75) is 13.3 Å². The average Bonchev–Trinajstić information content (AvgIpc) is 3.13. The standard InChI is InChI=1S/C14H16ClNO4/c1-8-5-10(8)14(18)20-7-13(17)16-9-3-4-12(19-2)11(15)6-9/h3-4,6,8,10H,5,7H2,1-2H3,(H,16,17)/t8-,10-/m0/s1. The summed E-state index contributed by atoms with van der Waals surface area (Å²) in [6, 6.07) is 4.88. The highest BCUT2D eigenvalue weighted by Crippen LogP contribution is 2.38. The molecule has 5 nitrogen and oxygen atoms in total. The minimum absolute atomic E-state index is 0.0433. The van der Waals surface area contributed by atoms with E-state index in [1.807, 2.05) is 6.92 Å². The third-order valence-electron chi connectivity index (χ3n) is 3.19. The average molecular weight is 298 g/mol. The lowest BCUT2D eigenvalue weighted by Gasteiger charge is -2.08.